The quantitative estimate of drug-likeness (QED) is 0.876. The first-order valence-corrected chi connectivity index (χ1v) is 6.91. The van der Waals surface area contributed by atoms with E-state index in [4.69, 9.17) is 11.6 Å². The highest BCUT2D eigenvalue weighted by molar-refractivity contribution is 7.12. The van der Waals surface area contributed by atoms with E-state index in [0.717, 1.165) is 4.88 Å². The average molecular weight is 284 g/mol. The number of hydrogen-bond donors (Lipinski definition) is 1. The van der Waals surface area contributed by atoms with Gasteiger partial charge in [0.05, 0.1) is 6.04 Å². The van der Waals surface area contributed by atoms with Crippen molar-refractivity contribution in [2.45, 2.75) is 19.9 Å². The minimum atomic E-state index is -0.232. The van der Waals surface area contributed by atoms with Gasteiger partial charge < -0.3 is 5.32 Å². The topological polar surface area (TPSA) is 12.0 Å². The molecule has 2 rings (SSSR count). The minimum Gasteiger partial charge on any atom is -0.309 e. The summed E-state index contributed by atoms with van der Waals surface area (Å²) in [7, 11) is 1.83. The maximum absolute atomic E-state index is 13.9. The van der Waals surface area contributed by atoms with Crippen LogP contribution in [-0.4, -0.2) is 7.05 Å². The van der Waals surface area contributed by atoms with E-state index < -0.39 is 0 Å². The summed E-state index contributed by atoms with van der Waals surface area (Å²) in [6, 6.07) is 6.64. The molecule has 0 aliphatic heterocycles. The van der Waals surface area contributed by atoms with Crippen molar-refractivity contribution in [3.05, 3.63) is 56.0 Å². The van der Waals surface area contributed by atoms with Crippen LogP contribution in [0.2, 0.25) is 5.02 Å². The van der Waals surface area contributed by atoms with Crippen LogP contribution in [0.15, 0.2) is 24.3 Å². The van der Waals surface area contributed by atoms with Crippen LogP contribution in [0.5, 0.6) is 0 Å². The molecule has 1 nitrogen and oxygen atoms in total. The van der Waals surface area contributed by atoms with Crippen molar-refractivity contribution < 1.29 is 4.39 Å². The summed E-state index contributed by atoms with van der Waals surface area (Å²) in [6.07, 6.45) is 0. The van der Waals surface area contributed by atoms with Crippen LogP contribution in [0.3, 0.4) is 0 Å². The molecular weight excluding hydrogens is 269 g/mol. The van der Waals surface area contributed by atoms with Gasteiger partial charge in [0.2, 0.25) is 0 Å². The second kappa shape index (κ2) is 5.39. The number of benzene rings is 1. The highest BCUT2D eigenvalue weighted by Gasteiger charge is 2.20. The molecule has 2 aromatic rings. The standard InChI is InChI=1S/C14H15ClFNS/c1-8-6-9(2)18-14(8)13(17-3)11-7-10(15)4-5-12(11)16/h4-7,13,17H,1-3H3. The SMILES string of the molecule is CNC(c1cc(Cl)ccc1F)c1sc(C)cc1C. The van der Waals surface area contributed by atoms with Crippen molar-refractivity contribution in [2.24, 2.45) is 0 Å². The molecule has 0 saturated heterocycles. The first-order chi connectivity index (χ1) is 8.52. The molecule has 1 heterocycles. The summed E-state index contributed by atoms with van der Waals surface area (Å²) in [5, 5.41) is 3.72. The number of rotatable bonds is 3. The monoisotopic (exact) mass is 283 g/mol. The van der Waals surface area contributed by atoms with E-state index >= 15 is 0 Å². The smallest absolute Gasteiger partial charge is 0.128 e. The fourth-order valence-corrected chi connectivity index (χ4v) is 3.46. The maximum atomic E-state index is 13.9. The van der Waals surface area contributed by atoms with Gasteiger partial charge in [-0.2, -0.15) is 0 Å². The molecule has 1 N–H and O–H groups in total. The molecule has 0 radical (unpaired) electrons. The first-order valence-electron chi connectivity index (χ1n) is 5.72. The zero-order chi connectivity index (χ0) is 13.3. The Morgan fingerprint density at radius 3 is 2.56 bits per heavy atom. The maximum Gasteiger partial charge on any atom is 0.128 e. The molecule has 0 aliphatic carbocycles. The molecule has 0 fully saturated rings. The third-order valence-corrected chi connectivity index (χ3v) is 4.35. The van der Waals surface area contributed by atoms with Crippen LogP contribution >= 0.6 is 22.9 Å². The largest absolute Gasteiger partial charge is 0.309 e. The van der Waals surface area contributed by atoms with Gasteiger partial charge in [0, 0.05) is 20.3 Å². The van der Waals surface area contributed by atoms with Crippen LogP contribution in [0.25, 0.3) is 0 Å². The summed E-state index contributed by atoms with van der Waals surface area (Å²) in [5.41, 5.74) is 1.77. The average Bonchev–Trinajstić information content (AvgIpc) is 2.64. The van der Waals surface area contributed by atoms with Crippen molar-refractivity contribution in [2.75, 3.05) is 7.05 Å². The lowest BCUT2D eigenvalue weighted by molar-refractivity contribution is 0.578. The van der Waals surface area contributed by atoms with Crippen LogP contribution in [0.4, 0.5) is 4.39 Å². The zero-order valence-corrected chi connectivity index (χ0v) is 12.1. The summed E-state index contributed by atoms with van der Waals surface area (Å²) >= 11 is 7.64. The zero-order valence-electron chi connectivity index (χ0n) is 10.6. The molecule has 0 bridgehead atoms. The number of hydrogen-bond acceptors (Lipinski definition) is 2. The van der Waals surface area contributed by atoms with E-state index in [-0.39, 0.29) is 11.9 Å². The molecule has 0 spiro atoms. The summed E-state index contributed by atoms with van der Waals surface area (Å²) < 4.78 is 13.9. The molecule has 4 heteroatoms. The number of halogens is 2. The van der Waals surface area contributed by atoms with E-state index in [1.54, 1.807) is 23.5 Å². The lowest BCUT2D eigenvalue weighted by Gasteiger charge is -2.17. The second-order valence-corrected chi connectivity index (χ2v) is 6.02. The predicted molar refractivity (Wildman–Crippen MR) is 76.1 cm³/mol. The Morgan fingerprint density at radius 1 is 1.28 bits per heavy atom. The van der Waals surface area contributed by atoms with Crippen molar-refractivity contribution in [1.82, 2.24) is 5.32 Å². The fraction of sp³-hybridized carbons (Fsp3) is 0.286. The lowest BCUT2D eigenvalue weighted by atomic mass is 10.0. The second-order valence-electron chi connectivity index (χ2n) is 4.29. The van der Waals surface area contributed by atoms with Crippen LogP contribution in [-0.2, 0) is 0 Å². The Morgan fingerprint density at radius 2 is 2.00 bits per heavy atom. The van der Waals surface area contributed by atoms with Gasteiger partial charge in [0.1, 0.15) is 5.82 Å². The Labute approximate surface area is 116 Å². The van der Waals surface area contributed by atoms with Gasteiger partial charge in [-0.25, -0.2) is 4.39 Å². The first kappa shape index (κ1) is 13.5. The van der Waals surface area contributed by atoms with Crippen molar-refractivity contribution in [3.63, 3.8) is 0 Å². The molecule has 0 saturated carbocycles. The van der Waals surface area contributed by atoms with Gasteiger partial charge in [0.25, 0.3) is 0 Å². The molecule has 96 valence electrons. The predicted octanol–water partition coefficient (Wildman–Crippen LogP) is 4.47. The third kappa shape index (κ3) is 2.58. The van der Waals surface area contributed by atoms with Crippen molar-refractivity contribution in [3.8, 4) is 0 Å². The lowest BCUT2D eigenvalue weighted by Crippen LogP contribution is -2.18. The van der Waals surface area contributed by atoms with Gasteiger partial charge >= 0.3 is 0 Å². The van der Waals surface area contributed by atoms with E-state index in [9.17, 15) is 4.39 Å². The van der Waals surface area contributed by atoms with Crippen LogP contribution in [0, 0.1) is 19.7 Å². The summed E-state index contributed by atoms with van der Waals surface area (Å²) in [5.74, 6) is -0.232. The van der Waals surface area contributed by atoms with E-state index in [0.29, 0.717) is 10.6 Å². The molecule has 1 atom stereocenters. The summed E-state index contributed by atoms with van der Waals surface area (Å²) in [6.45, 7) is 4.11. The molecule has 18 heavy (non-hydrogen) atoms. The minimum absolute atomic E-state index is 0.151. The Kier molecular flexibility index (Phi) is 4.05. The normalized spacial score (nSPS) is 12.7. The Bertz CT molecular complexity index is 565. The van der Waals surface area contributed by atoms with Crippen LogP contribution < -0.4 is 5.32 Å². The molecule has 1 aromatic carbocycles. The number of nitrogens with one attached hydrogen (secondary N) is 1. The van der Waals surface area contributed by atoms with E-state index in [1.807, 2.05) is 14.0 Å². The highest BCUT2D eigenvalue weighted by Crippen LogP contribution is 2.33. The van der Waals surface area contributed by atoms with Gasteiger partial charge in [-0.1, -0.05) is 11.6 Å². The van der Waals surface area contributed by atoms with Gasteiger partial charge in [0.15, 0.2) is 0 Å². The highest BCUT2D eigenvalue weighted by atomic mass is 35.5. The van der Waals surface area contributed by atoms with Crippen LogP contribution in [0.1, 0.15) is 26.9 Å². The third-order valence-electron chi connectivity index (χ3n) is 2.90. The summed E-state index contributed by atoms with van der Waals surface area (Å²) in [4.78, 5) is 2.36. The molecular formula is C14H15ClFNS. The fourth-order valence-electron chi connectivity index (χ4n) is 2.11. The molecule has 1 aromatic heterocycles. The number of aryl methyl sites for hydroxylation is 2. The Balaban J connectivity index is 2.51. The van der Waals surface area contributed by atoms with Gasteiger partial charge in [-0.3, -0.25) is 0 Å². The molecule has 1 unspecified atom stereocenters. The van der Waals surface area contributed by atoms with E-state index in [2.05, 4.69) is 18.3 Å². The van der Waals surface area contributed by atoms with Gasteiger partial charge in [-0.05, 0) is 50.7 Å². The van der Waals surface area contributed by atoms with E-state index in [1.165, 1.54) is 16.5 Å². The molecule has 0 aliphatic rings. The number of thiophene rings is 1. The Hall–Kier alpha value is -0.900. The van der Waals surface area contributed by atoms with Crippen molar-refractivity contribution >= 4 is 22.9 Å². The van der Waals surface area contributed by atoms with Crippen molar-refractivity contribution in [1.29, 1.82) is 0 Å². The van der Waals surface area contributed by atoms with Gasteiger partial charge in [-0.15, -0.1) is 11.3 Å². The molecule has 0 amide bonds.